The zero-order valence-corrected chi connectivity index (χ0v) is 34.4. The van der Waals surface area contributed by atoms with E-state index in [9.17, 15) is 62.1 Å². The second-order valence-corrected chi connectivity index (χ2v) is 13.7. The Morgan fingerprint density at radius 1 is 0.523 bits per heavy atom. The number of rotatable bonds is 6. The first kappa shape index (κ1) is 44.2. The van der Waals surface area contributed by atoms with Gasteiger partial charge in [-0.2, -0.15) is 38.8 Å². The molecule has 0 heterocycles. The summed E-state index contributed by atoms with van der Waals surface area (Å²) in [5.74, 6) is -2.02. The predicted octanol–water partition coefficient (Wildman–Crippen LogP) is 1.28. The Morgan fingerprint density at radius 3 is 1.52 bits per heavy atom. The molecule has 0 atom stereocenters. The Morgan fingerprint density at radius 2 is 1.02 bits per heavy atom. The summed E-state index contributed by atoms with van der Waals surface area (Å²) in [5, 5.41) is 26.8. The summed E-state index contributed by atoms with van der Waals surface area (Å²) in [6.45, 7) is 0. The third-order valence-electron chi connectivity index (χ3n) is 5.39. The van der Waals surface area contributed by atoms with Gasteiger partial charge in [-0.3, -0.25) is 18.2 Å². The largest absolute Gasteiger partial charge is 0.507 e. The van der Waals surface area contributed by atoms with Crippen LogP contribution in [0.5, 0.6) is 11.5 Å². The molecule has 6 N–H and O–H groups in total. The molecule has 0 aliphatic heterocycles. The molecule has 4 rings (SSSR count). The second kappa shape index (κ2) is 15.6. The summed E-state index contributed by atoms with van der Waals surface area (Å²) in [4.78, 5) is -3.76. The van der Waals surface area contributed by atoms with Gasteiger partial charge in [-0.25, -0.2) is 0 Å². The van der Waals surface area contributed by atoms with Gasteiger partial charge in [0.05, 0.1) is 20.9 Å². The van der Waals surface area contributed by atoms with Crippen molar-refractivity contribution in [1.29, 1.82) is 0 Å². The molecule has 0 aromatic heterocycles. The quantitative estimate of drug-likeness (QED) is 0.0928. The van der Waals surface area contributed by atoms with E-state index >= 15 is 0 Å². The summed E-state index contributed by atoms with van der Waals surface area (Å²) in [5.41, 5.74) is -1.20. The van der Waals surface area contributed by atoms with Crippen molar-refractivity contribution in [3.8, 4) is 11.5 Å². The van der Waals surface area contributed by atoms with Gasteiger partial charge in [0.15, 0.2) is 5.75 Å². The summed E-state index contributed by atoms with van der Waals surface area (Å²) in [7, 11) is -20.0. The average molecular weight is 727 g/mol. The maximum Gasteiger partial charge on any atom is 0.296 e. The van der Waals surface area contributed by atoms with E-state index in [1.807, 2.05) is 0 Å². The number of nitrogens with zero attached hydrogens (tertiary/aromatic N) is 2. The maximum absolute atomic E-state index is 12.0. The first-order valence-electron chi connectivity index (χ1n) is 10.1. The molecule has 0 unspecified atom stereocenters. The van der Waals surface area contributed by atoms with Gasteiger partial charge in [-0.15, -0.1) is 5.11 Å². The molecule has 16 nitrogen and oxygen atoms in total. The normalized spacial score (nSPS) is 12.2. The van der Waals surface area contributed by atoms with Crippen molar-refractivity contribution >= 4 is 192 Å². The van der Waals surface area contributed by atoms with Crippen molar-refractivity contribution in [2.24, 2.45) is 10.2 Å². The summed E-state index contributed by atoms with van der Waals surface area (Å²) < 4.78 is 131. The molecule has 0 aliphatic rings. The summed E-state index contributed by atoms with van der Waals surface area (Å²) >= 11 is 0. The van der Waals surface area contributed by atoms with Crippen molar-refractivity contribution in [1.82, 2.24) is 0 Å². The Kier molecular flexibility index (Phi) is 15.7. The van der Waals surface area contributed by atoms with Crippen LogP contribution in [0.2, 0.25) is 0 Å². The molecule has 0 fully saturated rings. The molecule has 24 heteroatoms. The fourth-order valence-corrected chi connectivity index (χ4v) is 6.24. The topological polar surface area (TPSA) is 283 Å². The molecule has 0 saturated carbocycles. The molecular formula is C20H14N2Na4O14S4. The van der Waals surface area contributed by atoms with Gasteiger partial charge in [0, 0.05) is 130 Å². The summed E-state index contributed by atoms with van der Waals surface area (Å²) in [6.07, 6.45) is 0. The molecule has 0 amide bonds. The van der Waals surface area contributed by atoms with Crippen LogP contribution < -0.4 is 0 Å². The number of hydrogen-bond donors (Lipinski definition) is 6. The third kappa shape index (κ3) is 9.66. The van der Waals surface area contributed by atoms with Crippen LogP contribution in [0, 0.1) is 0 Å². The number of fused-ring (bicyclic) bond motifs is 2. The van der Waals surface area contributed by atoms with E-state index in [0.29, 0.717) is 24.3 Å². The molecule has 0 bridgehead atoms. The van der Waals surface area contributed by atoms with Crippen LogP contribution >= 0.6 is 0 Å². The molecule has 0 aliphatic carbocycles. The van der Waals surface area contributed by atoms with Crippen LogP contribution in [-0.4, -0.2) is 180 Å². The van der Waals surface area contributed by atoms with Crippen LogP contribution in [0.25, 0.3) is 21.5 Å². The number of benzene rings is 4. The minimum absolute atomic E-state index is 0. The standard InChI is InChI=1S/C20H14N2O14S4.4Na/c23-15-7-12(37(25,26)27)4-10-5-17(40(34,35)36)19(20(24)18(10)15)22-21-11-2-1-9-3-13(38(28,29)30)8-16(14(9)6-11)39(31,32)33;;;;/h1-8,23-24H,(H,25,26,27)(H,28,29,30)(H,31,32,33)(H,34,35,36);;;;. The van der Waals surface area contributed by atoms with Crippen molar-refractivity contribution in [2.45, 2.75) is 19.6 Å². The van der Waals surface area contributed by atoms with Gasteiger partial charge in [-0.05, 0) is 47.2 Å². The van der Waals surface area contributed by atoms with Crippen LogP contribution in [0.1, 0.15) is 0 Å². The third-order valence-corrected chi connectivity index (χ3v) is 8.82. The van der Waals surface area contributed by atoms with Gasteiger partial charge in [0.25, 0.3) is 40.5 Å². The number of aromatic hydroxyl groups is 2. The van der Waals surface area contributed by atoms with E-state index in [1.54, 1.807) is 0 Å². The molecular weight excluding hydrogens is 712 g/mol. The number of azo groups is 1. The Labute approximate surface area is 338 Å². The van der Waals surface area contributed by atoms with Crippen molar-refractivity contribution in [3.63, 3.8) is 0 Å². The Bertz CT molecular complexity index is 2250. The minimum Gasteiger partial charge on any atom is -0.507 e. The molecule has 216 valence electrons. The maximum atomic E-state index is 12.0. The monoisotopic (exact) mass is 726 g/mol. The minimum atomic E-state index is -5.19. The van der Waals surface area contributed by atoms with E-state index in [2.05, 4.69) is 10.2 Å². The number of phenolic OH excluding ortho intramolecular Hbond substituents is 2. The van der Waals surface area contributed by atoms with Gasteiger partial charge in [0.2, 0.25) is 0 Å². The predicted molar refractivity (Wildman–Crippen MR) is 158 cm³/mol. The average Bonchev–Trinajstić information content (AvgIpc) is 2.79. The van der Waals surface area contributed by atoms with Gasteiger partial charge < -0.3 is 10.2 Å². The van der Waals surface area contributed by atoms with Gasteiger partial charge >= 0.3 is 0 Å². The molecule has 4 aromatic carbocycles. The molecule has 44 heavy (non-hydrogen) atoms. The van der Waals surface area contributed by atoms with E-state index in [-0.39, 0.29) is 135 Å². The van der Waals surface area contributed by atoms with Gasteiger partial charge in [-0.1, -0.05) is 6.07 Å². The van der Waals surface area contributed by atoms with Gasteiger partial charge in [0.1, 0.15) is 21.2 Å². The zero-order valence-electron chi connectivity index (χ0n) is 23.1. The Balaban J connectivity index is 0.00000462. The number of hydrogen-bond acceptors (Lipinski definition) is 12. The first-order chi connectivity index (χ1) is 18.2. The fraction of sp³-hybridized carbons (Fsp3) is 0. The van der Waals surface area contributed by atoms with Crippen LogP contribution in [-0.2, 0) is 40.5 Å². The van der Waals surface area contributed by atoms with Crippen molar-refractivity contribution in [3.05, 3.63) is 48.5 Å². The van der Waals surface area contributed by atoms with E-state index < -0.39 is 88.0 Å². The van der Waals surface area contributed by atoms with Crippen molar-refractivity contribution < 1.29 is 62.1 Å². The van der Waals surface area contributed by atoms with Crippen LogP contribution in [0.15, 0.2) is 78.3 Å². The van der Waals surface area contributed by atoms with Crippen LogP contribution in [0.4, 0.5) is 11.4 Å². The van der Waals surface area contributed by atoms with Crippen molar-refractivity contribution in [2.75, 3.05) is 0 Å². The van der Waals surface area contributed by atoms with E-state index in [4.69, 9.17) is 0 Å². The first-order valence-corrected chi connectivity index (χ1v) is 15.9. The van der Waals surface area contributed by atoms with E-state index in [1.165, 1.54) is 0 Å². The number of phenols is 2. The molecule has 0 spiro atoms. The van der Waals surface area contributed by atoms with Crippen LogP contribution in [0.3, 0.4) is 0 Å². The molecule has 4 radical (unpaired) electrons. The second-order valence-electron chi connectivity index (χ2n) is 8.04. The smallest absolute Gasteiger partial charge is 0.296 e. The van der Waals surface area contributed by atoms with E-state index in [0.717, 1.165) is 24.3 Å². The SMILES string of the molecule is O=S(=O)(O)c1cc(S(=O)(=O)O)c2cc(N=Nc3c(S(=O)(=O)O)cc4cc(S(=O)(=O)O)cc(O)c4c3O)ccc2c1.[Na].[Na].[Na].[Na]. The zero-order chi connectivity index (χ0) is 30.0. The molecule has 4 aromatic rings. The fourth-order valence-electron chi connectivity index (χ4n) is 3.70. The Hall–Kier alpha value is 0.240. The summed E-state index contributed by atoms with van der Waals surface area (Å²) in [6, 6.07) is 6.43. The molecule has 0 saturated heterocycles.